The van der Waals surface area contributed by atoms with Crippen LogP contribution < -0.4 is 0 Å². The molecule has 0 amide bonds. The number of phenols is 2. The lowest BCUT2D eigenvalue weighted by atomic mass is 10.1. The molecule has 2 aromatic carbocycles. The SMILES string of the molecule is CCCSc1ccc2cc(O)c(O)cc2c1. The van der Waals surface area contributed by atoms with Crippen molar-refractivity contribution in [2.75, 3.05) is 5.75 Å². The molecule has 0 fully saturated rings. The quantitative estimate of drug-likeness (QED) is 0.627. The Morgan fingerprint density at radius 2 is 1.69 bits per heavy atom. The Bertz CT molecular complexity index is 509. The fourth-order valence-electron chi connectivity index (χ4n) is 1.56. The minimum absolute atomic E-state index is 0.0647. The molecule has 0 bridgehead atoms. The van der Waals surface area contributed by atoms with Gasteiger partial charge in [0, 0.05) is 4.90 Å². The molecule has 0 spiro atoms. The van der Waals surface area contributed by atoms with E-state index < -0.39 is 0 Å². The first kappa shape index (κ1) is 11.1. The van der Waals surface area contributed by atoms with Crippen LogP contribution in [-0.2, 0) is 0 Å². The predicted octanol–water partition coefficient (Wildman–Crippen LogP) is 3.75. The molecule has 2 N–H and O–H groups in total. The normalized spacial score (nSPS) is 10.8. The van der Waals surface area contributed by atoms with Crippen molar-refractivity contribution < 1.29 is 10.2 Å². The molecule has 0 aliphatic carbocycles. The summed E-state index contributed by atoms with van der Waals surface area (Å²) in [7, 11) is 0. The van der Waals surface area contributed by atoms with Gasteiger partial charge in [-0.15, -0.1) is 11.8 Å². The molecule has 2 rings (SSSR count). The Kier molecular flexibility index (Phi) is 3.25. The molecule has 0 saturated heterocycles. The topological polar surface area (TPSA) is 40.5 Å². The monoisotopic (exact) mass is 234 g/mol. The van der Waals surface area contributed by atoms with Gasteiger partial charge in [0.15, 0.2) is 11.5 Å². The van der Waals surface area contributed by atoms with E-state index in [-0.39, 0.29) is 11.5 Å². The number of fused-ring (bicyclic) bond motifs is 1. The highest BCUT2D eigenvalue weighted by atomic mass is 32.2. The van der Waals surface area contributed by atoms with Crippen LogP contribution in [-0.4, -0.2) is 16.0 Å². The Morgan fingerprint density at radius 1 is 1.00 bits per heavy atom. The van der Waals surface area contributed by atoms with E-state index in [1.165, 1.54) is 4.90 Å². The fourth-order valence-corrected chi connectivity index (χ4v) is 2.38. The third-order valence-electron chi connectivity index (χ3n) is 2.38. The van der Waals surface area contributed by atoms with Crippen LogP contribution in [0.25, 0.3) is 10.8 Å². The van der Waals surface area contributed by atoms with E-state index in [0.29, 0.717) is 0 Å². The first-order valence-electron chi connectivity index (χ1n) is 5.29. The lowest BCUT2D eigenvalue weighted by Crippen LogP contribution is -1.78. The summed E-state index contributed by atoms with van der Waals surface area (Å²) in [6.07, 6.45) is 1.14. The molecule has 0 aromatic heterocycles. The predicted molar refractivity (Wildman–Crippen MR) is 68.3 cm³/mol. The van der Waals surface area contributed by atoms with E-state index in [1.54, 1.807) is 23.9 Å². The van der Waals surface area contributed by atoms with Gasteiger partial charge in [-0.05, 0) is 47.2 Å². The summed E-state index contributed by atoms with van der Waals surface area (Å²) in [6, 6.07) is 9.22. The second-order valence-electron chi connectivity index (χ2n) is 3.70. The third kappa shape index (κ3) is 2.25. The zero-order valence-electron chi connectivity index (χ0n) is 9.10. The number of rotatable bonds is 3. The average molecular weight is 234 g/mol. The highest BCUT2D eigenvalue weighted by Crippen LogP contribution is 2.32. The van der Waals surface area contributed by atoms with Gasteiger partial charge in [0.1, 0.15) is 0 Å². The van der Waals surface area contributed by atoms with Gasteiger partial charge in [-0.1, -0.05) is 13.0 Å². The van der Waals surface area contributed by atoms with Crippen LogP contribution in [0.15, 0.2) is 35.2 Å². The molecule has 0 heterocycles. The minimum Gasteiger partial charge on any atom is -0.504 e. The molecule has 0 aliphatic heterocycles. The van der Waals surface area contributed by atoms with Gasteiger partial charge in [0.25, 0.3) is 0 Å². The molecule has 0 radical (unpaired) electrons. The van der Waals surface area contributed by atoms with Crippen LogP contribution in [0, 0.1) is 0 Å². The summed E-state index contributed by atoms with van der Waals surface area (Å²) in [4.78, 5) is 1.19. The first-order valence-corrected chi connectivity index (χ1v) is 6.28. The summed E-state index contributed by atoms with van der Waals surface area (Å²) in [5, 5.41) is 20.7. The van der Waals surface area contributed by atoms with Crippen molar-refractivity contribution in [1.82, 2.24) is 0 Å². The highest BCUT2D eigenvalue weighted by Gasteiger charge is 2.03. The number of benzene rings is 2. The van der Waals surface area contributed by atoms with E-state index in [1.807, 2.05) is 18.2 Å². The van der Waals surface area contributed by atoms with Gasteiger partial charge in [-0.25, -0.2) is 0 Å². The number of hydrogen-bond donors (Lipinski definition) is 2. The van der Waals surface area contributed by atoms with E-state index in [0.717, 1.165) is 22.9 Å². The van der Waals surface area contributed by atoms with Crippen molar-refractivity contribution in [3.05, 3.63) is 30.3 Å². The molecule has 0 atom stereocenters. The fraction of sp³-hybridized carbons (Fsp3) is 0.231. The first-order chi connectivity index (χ1) is 7.70. The van der Waals surface area contributed by atoms with Gasteiger partial charge >= 0.3 is 0 Å². The van der Waals surface area contributed by atoms with Gasteiger partial charge < -0.3 is 10.2 Å². The molecule has 0 unspecified atom stereocenters. The molecule has 84 valence electrons. The summed E-state index contributed by atoms with van der Waals surface area (Å²) < 4.78 is 0. The van der Waals surface area contributed by atoms with Crippen molar-refractivity contribution >= 4 is 22.5 Å². The zero-order chi connectivity index (χ0) is 11.5. The van der Waals surface area contributed by atoms with Gasteiger partial charge in [-0.3, -0.25) is 0 Å². The standard InChI is InChI=1S/C13H14O2S/c1-2-5-16-11-4-3-9-7-12(14)13(15)8-10(9)6-11/h3-4,6-8,14-15H,2,5H2,1H3. The number of hydrogen-bond acceptors (Lipinski definition) is 3. The van der Waals surface area contributed by atoms with Crippen molar-refractivity contribution in [3.63, 3.8) is 0 Å². The van der Waals surface area contributed by atoms with Gasteiger partial charge in [-0.2, -0.15) is 0 Å². The molecule has 2 nitrogen and oxygen atoms in total. The summed E-state index contributed by atoms with van der Waals surface area (Å²) in [6.45, 7) is 2.15. The Morgan fingerprint density at radius 3 is 2.38 bits per heavy atom. The Hall–Kier alpha value is -1.35. The molecule has 3 heteroatoms. The number of thioether (sulfide) groups is 1. The largest absolute Gasteiger partial charge is 0.504 e. The molecular weight excluding hydrogens is 220 g/mol. The molecule has 16 heavy (non-hydrogen) atoms. The van der Waals surface area contributed by atoms with Crippen LogP contribution in [0.5, 0.6) is 11.5 Å². The molecular formula is C13H14O2S. The van der Waals surface area contributed by atoms with Crippen molar-refractivity contribution in [3.8, 4) is 11.5 Å². The maximum Gasteiger partial charge on any atom is 0.158 e. The van der Waals surface area contributed by atoms with Crippen LogP contribution in [0.4, 0.5) is 0 Å². The maximum absolute atomic E-state index is 9.43. The van der Waals surface area contributed by atoms with E-state index in [9.17, 15) is 10.2 Å². The van der Waals surface area contributed by atoms with Crippen LogP contribution >= 0.6 is 11.8 Å². The lowest BCUT2D eigenvalue weighted by molar-refractivity contribution is 0.405. The molecule has 0 aliphatic rings. The summed E-state index contributed by atoms with van der Waals surface area (Å²) >= 11 is 1.80. The van der Waals surface area contributed by atoms with Crippen molar-refractivity contribution in [2.45, 2.75) is 18.2 Å². The van der Waals surface area contributed by atoms with Crippen LogP contribution in [0.3, 0.4) is 0 Å². The second kappa shape index (κ2) is 4.66. The van der Waals surface area contributed by atoms with Gasteiger partial charge in [0.05, 0.1) is 0 Å². The molecule has 0 saturated carbocycles. The minimum atomic E-state index is -0.0681. The lowest BCUT2D eigenvalue weighted by Gasteiger charge is -2.04. The van der Waals surface area contributed by atoms with Crippen molar-refractivity contribution in [1.29, 1.82) is 0 Å². The van der Waals surface area contributed by atoms with Crippen LogP contribution in [0.1, 0.15) is 13.3 Å². The van der Waals surface area contributed by atoms with E-state index in [4.69, 9.17) is 0 Å². The highest BCUT2D eigenvalue weighted by molar-refractivity contribution is 7.99. The number of phenolic OH excluding ortho intramolecular Hbond substituents is 2. The van der Waals surface area contributed by atoms with Gasteiger partial charge in [0.2, 0.25) is 0 Å². The van der Waals surface area contributed by atoms with Crippen LogP contribution in [0.2, 0.25) is 0 Å². The van der Waals surface area contributed by atoms with E-state index in [2.05, 4.69) is 6.92 Å². The Labute approximate surface area is 98.9 Å². The maximum atomic E-state index is 9.43. The second-order valence-corrected chi connectivity index (χ2v) is 4.87. The van der Waals surface area contributed by atoms with E-state index >= 15 is 0 Å². The average Bonchev–Trinajstić information content (AvgIpc) is 2.28. The zero-order valence-corrected chi connectivity index (χ0v) is 9.92. The molecule has 2 aromatic rings. The summed E-state index contributed by atoms with van der Waals surface area (Å²) in [5.74, 6) is 0.960. The number of aromatic hydroxyl groups is 2. The van der Waals surface area contributed by atoms with Crippen molar-refractivity contribution in [2.24, 2.45) is 0 Å². The Balaban J connectivity index is 2.41. The smallest absolute Gasteiger partial charge is 0.158 e. The summed E-state index contributed by atoms with van der Waals surface area (Å²) in [5.41, 5.74) is 0. The third-order valence-corrected chi connectivity index (χ3v) is 3.58.